The van der Waals surface area contributed by atoms with Gasteiger partial charge < -0.3 is 14.5 Å². The number of anilines is 2. The molecule has 10 heteroatoms. The van der Waals surface area contributed by atoms with Crippen LogP contribution in [0.2, 0.25) is 0 Å². The molecule has 2 aromatic carbocycles. The minimum Gasteiger partial charge on any atom is -0.482 e. The number of rotatable bonds is 7. The van der Waals surface area contributed by atoms with E-state index in [1.165, 1.54) is 26.9 Å². The van der Waals surface area contributed by atoms with E-state index in [4.69, 9.17) is 4.74 Å². The van der Waals surface area contributed by atoms with Crippen LogP contribution in [0.1, 0.15) is 26.3 Å². The normalized spacial score (nSPS) is 18.3. The van der Waals surface area contributed by atoms with Gasteiger partial charge in [0.1, 0.15) is 12.3 Å². The van der Waals surface area contributed by atoms with E-state index in [0.29, 0.717) is 44.2 Å². The van der Waals surface area contributed by atoms with E-state index in [0.717, 1.165) is 5.69 Å². The minimum atomic E-state index is -3.73. The van der Waals surface area contributed by atoms with Crippen molar-refractivity contribution >= 4 is 33.2 Å². The summed E-state index contributed by atoms with van der Waals surface area (Å²) in [5.41, 5.74) is 2.62. The monoisotopic (exact) mass is 514 g/mol. The summed E-state index contributed by atoms with van der Waals surface area (Å²) in [4.78, 5) is 31.6. The maximum Gasteiger partial charge on any atom is 0.265 e. The molecule has 1 fully saturated rings. The molecule has 1 atom stereocenters. The molecule has 9 nitrogen and oxygen atoms in total. The molecule has 4 rings (SSSR count). The quantitative estimate of drug-likeness (QED) is 0.564. The third kappa shape index (κ3) is 5.05. The number of ether oxygens (including phenoxy) is 1. The summed E-state index contributed by atoms with van der Waals surface area (Å²) in [6, 6.07) is 12.9. The summed E-state index contributed by atoms with van der Waals surface area (Å²) < 4.78 is 33.0. The van der Waals surface area contributed by atoms with E-state index in [1.54, 1.807) is 24.8 Å². The van der Waals surface area contributed by atoms with Gasteiger partial charge in [-0.15, -0.1) is 0 Å². The highest BCUT2D eigenvalue weighted by Gasteiger charge is 2.33. The molecule has 2 heterocycles. The van der Waals surface area contributed by atoms with Crippen LogP contribution >= 0.6 is 0 Å². The zero-order valence-corrected chi connectivity index (χ0v) is 22.1. The number of hydrogen-bond acceptors (Lipinski definition) is 6. The first-order valence-corrected chi connectivity index (χ1v) is 13.8. The highest BCUT2D eigenvalue weighted by molar-refractivity contribution is 7.89. The summed E-state index contributed by atoms with van der Waals surface area (Å²) in [5, 5.41) is 0. The molecule has 0 aliphatic carbocycles. The van der Waals surface area contributed by atoms with Crippen LogP contribution < -0.4 is 14.5 Å². The predicted molar refractivity (Wildman–Crippen MR) is 139 cm³/mol. The summed E-state index contributed by atoms with van der Waals surface area (Å²) >= 11 is 0. The molecule has 36 heavy (non-hydrogen) atoms. The fourth-order valence-electron chi connectivity index (χ4n) is 4.84. The minimum absolute atomic E-state index is 0.0705. The average Bonchev–Trinajstić information content (AvgIpc) is 2.85. The Morgan fingerprint density at radius 3 is 2.53 bits per heavy atom. The van der Waals surface area contributed by atoms with Gasteiger partial charge in [0.15, 0.2) is 6.61 Å². The van der Waals surface area contributed by atoms with Crippen LogP contribution in [-0.4, -0.2) is 81.4 Å². The van der Waals surface area contributed by atoms with Crippen LogP contribution in [0.25, 0.3) is 0 Å². The van der Waals surface area contributed by atoms with Gasteiger partial charge in [0.2, 0.25) is 15.9 Å². The number of sulfonamides is 1. The number of carbonyl (C=O) groups is 2. The van der Waals surface area contributed by atoms with Gasteiger partial charge in [0, 0.05) is 44.5 Å². The van der Waals surface area contributed by atoms with E-state index < -0.39 is 10.0 Å². The second-order valence-electron chi connectivity index (χ2n) is 9.21. The van der Waals surface area contributed by atoms with Gasteiger partial charge in [-0.05, 0) is 49.7 Å². The Morgan fingerprint density at radius 1 is 1.11 bits per heavy atom. The lowest BCUT2D eigenvalue weighted by Crippen LogP contribution is -2.56. The average molecular weight is 515 g/mol. The molecular formula is C26H34N4O5S. The lowest BCUT2D eigenvalue weighted by Gasteiger charge is -2.42. The summed E-state index contributed by atoms with van der Waals surface area (Å²) in [6.45, 7) is 9.77. The summed E-state index contributed by atoms with van der Waals surface area (Å²) in [6.07, 6.45) is 0. The maximum absolute atomic E-state index is 13.3. The molecule has 0 spiro atoms. The molecule has 0 saturated carbocycles. The van der Waals surface area contributed by atoms with Gasteiger partial charge in [-0.1, -0.05) is 26.0 Å². The van der Waals surface area contributed by atoms with Gasteiger partial charge >= 0.3 is 0 Å². The summed E-state index contributed by atoms with van der Waals surface area (Å²) in [7, 11) is -3.73. The largest absolute Gasteiger partial charge is 0.482 e. The van der Waals surface area contributed by atoms with E-state index in [1.807, 2.05) is 6.07 Å². The van der Waals surface area contributed by atoms with Crippen LogP contribution in [0.5, 0.6) is 5.75 Å². The van der Waals surface area contributed by atoms with Gasteiger partial charge in [-0.25, -0.2) is 8.42 Å². The molecule has 194 valence electrons. The number of benzene rings is 2. The van der Waals surface area contributed by atoms with Crippen molar-refractivity contribution in [2.75, 3.05) is 55.7 Å². The molecule has 1 saturated heterocycles. The number of aryl methyl sites for hydroxylation is 1. The van der Waals surface area contributed by atoms with Gasteiger partial charge in [0.05, 0.1) is 10.6 Å². The van der Waals surface area contributed by atoms with E-state index >= 15 is 0 Å². The van der Waals surface area contributed by atoms with Crippen molar-refractivity contribution < 1.29 is 22.7 Å². The fourth-order valence-corrected chi connectivity index (χ4v) is 6.32. The molecule has 2 amide bonds. The van der Waals surface area contributed by atoms with Crippen LogP contribution in [0.4, 0.5) is 11.4 Å². The zero-order chi connectivity index (χ0) is 26.0. The number of fused-ring (bicyclic) bond motifs is 1. The van der Waals surface area contributed by atoms with Gasteiger partial charge in [0.25, 0.3) is 5.91 Å². The van der Waals surface area contributed by atoms with Crippen molar-refractivity contribution in [2.24, 2.45) is 0 Å². The third-order valence-electron chi connectivity index (χ3n) is 6.82. The lowest BCUT2D eigenvalue weighted by atomic mass is 10.1. The zero-order valence-electron chi connectivity index (χ0n) is 21.3. The molecule has 0 aromatic heterocycles. The Kier molecular flexibility index (Phi) is 7.56. The molecular weight excluding hydrogens is 480 g/mol. The van der Waals surface area contributed by atoms with Crippen LogP contribution in [0.15, 0.2) is 47.4 Å². The maximum atomic E-state index is 13.3. The second-order valence-corrected chi connectivity index (χ2v) is 11.1. The van der Waals surface area contributed by atoms with Crippen molar-refractivity contribution in [1.29, 1.82) is 0 Å². The van der Waals surface area contributed by atoms with Crippen LogP contribution in [-0.2, 0) is 19.6 Å². The van der Waals surface area contributed by atoms with E-state index in [9.17, 15) is 18.0 Å². The van der Waals surface area contributed by atoms with Crippen molar-refractivity contribution in [3.05, 3.63) is 48.0 Å². The molecule has 0 unspecified atom stereocenters. The Morgan fingerprint density at radius 2 is 1.86 bits per heavy atom. The first-order valence-electron chi connectivity index (χ1n) is 12.3. The van der Waals surface area contributed by atoms with Crippen molar-refractivity contribution in [1.82, 2.24) is 9.21 Å². The Bertz CT molecular complexity index is 1240. The highest BCUT2D eigenvalue weighted by Crippen LogP contribution is 2.35. The molecule has 0 N–H and O–H groups in total. The summed E-state index contributed by atoms with van der Waals surface area (Å²) in [5.74, 6) is -0.165. The number of carbonyl (C=O) groups excluding carboxylic acids is 2. The number of piperazine rings is 1. The van der Waals surface area contributed by atoms with Crippen LogP contribution in [0.3, 0.4) is 0 Å². The number of nitrogens with zero attached hydrogens (tertiary/aromatic N) is 4. The van der Waals surface area contributed by atoms with Crippen molar-refractivity contribution in [3.63, 3.8) is 0 Å². The molecule has 2 aliphatic heterocycles. The number of amides is 2. The van der Waals surface area contributed by atoms with Crippen molar-refractivity contribution in [2.45, 2.75) is 38.6 Å². The van der Waals surface area contributed by atoms with Crippen LogP contribution in [0, 0.1) is 6.92 Å². The fraction of sp³-hybridized carbons (Fsp3) is 0.462. The number of hydrogen-bond donors (Lipinski definition) is 0. The highest BCUT2D eigenvalue weighted by atomic mass is 32.2. The first kappa shape index (κ1) is 26.0. The third-order valence-corrected chi connectivity index (χ3v) is 8.87. The second kappa shape index (κ2) is 10.5. The van der Waals surface area contributed by atoms with Gasteiger partial charge in [-0.2, -0.15) is 4.31 Å². The van der Waals surface area contributed by atoms with E-state index in [2.05, 4.69) is 36.9 Å². The Balaban J connectivity index is 1.52. The predicted octanol–water partition coefficient (Wildman–Crippen LogP) is 2.49. The van der Waals surface area contributed by atoms with E-state index in [-0.39, 0.29) is 35.9 Å². The lowest BCUT2D eigenvalue weighted by molar-refractivity contribution is -0.132. The molecule has 0 radical (unpaired) electrons. The smallest absolute Gasteiger partial charge is 0.265 e. The molecule has 0 bridgehead atoms. The molecule has 2 aromatic rings. The van der Waals surface area contributed by atoms with Gasteiger partial charge in [-0.3, -0.25) is 14.5 Å². The Hall–Kier alpha value is -3.11. The topological polar surface area (TPSA) is 90.5 Å². The SMILES string of the molecule is CCN(CC)S(=O)(=O)c1ccc2c(c1)N(CC(=O)N1CCN(c3cccc(C)c3)[C@@H](C)C1)C(=O)CO2. The standard InChI is InChI=1S/C26H34N4O5S/c1-5-28(6-2)36(33,34)22-10-11-24-23(15-22)30(26(32)18-35-24)17-25(31)27-12-13-29(20(4)16-27)21-9-7-8-19(3)14-21/h7-11,14-15,20H,5-6,12-13,16-18H2,1-4H3/t20-/m0/s1. The Labute approximate surface area is 213 Å². The van der Waals surface area contributed by atoms with Crippen molar-refractivity contribution in [3.8, 4) is 5.75 Å². The first-order chi connectivity index (χ1) is 17.1. The molecule has 2 aliphatic rings.